The molecule has 2 aromatic carbocycles. The molecule has 1 saturated heterocycles. The summed E-state index contributed by atoms with van der Waals surface area (Å²) < 4.78 is 25.0. The number of furan rings is 1. The number of rotatable bonds is 3. The molecule has 0 bridgehead atoms. The Morgan fingerprint density at radius 2 is 2.07 bits per heavy atom. The molecule has 1 amide bonds. The molecule has 6 heteroatoms. The van der Waals surface area contributed by atoms with Crippen LogP contribution in [0.1, 0.15) is 27.8 Å². The van der Waals surface area contributed by atoms with E-state index < -0.39 is 0 Å². The van der Waals surface area contributed by atoms with E-state index in [1.165, 1.54) is 6.07 Å². The average Bonchev–Trinajstić information content (AvgIpc) is 2.96. The number of hydrogen-bond donors (Lipinski definition) is 0. The summed E-state index contributed by atoms with van der Waals surface area (Å²) in [5, 5.41) is 0.898. The molecular weight excluding hydrogens is 365 g/mol. The van der Waals surface area contributed by atoms with Crippen molar-refractivity contribution in [2.24, 2.45) is 0 Å². The van der Waals surface area contributed by atoms with Crippen molar-refractivity contribution in [2.45, 2.75) is 11.7 Å². The second kappa shape index (κ2) is 7.64. The number of carbonyl (C=O) groups is 1. The Hall–Kier alpha value is -2.47. The highest BCUT2D eigenvalue weighted by Crippen LogP contribution is 2.36. The van der Waals surface area contributed by atoms with Gasteiger partial charge in [0.25, 0.3) is 5.91 Å². The molecule has 0 N–H and O–H groups in total. The van der Waals surface area contributed by atoms with Crippen LogP contribution in [0, 0.1) is 5.82 Å². The maximum atomic E-state index is 14.1. The number of thioether (sulfide) groups is 1. The van der Waals surface area contributed by atoms with Crippen LogP contribution >= 0.6 is 11.8 Å². The molecule has 1 aromatic heterocycles. The minimum atomic E-state index is -0.180. The number of amides is 1. The molecule has 1 fully saturated rings. The first-order valence-corrected chi connectivity index (χ1v) is 9.93. The summed E-state index contributed by atoms with van der Waals surface area (Å²) in [6.07, 6.45) is 0.714. The fraction of sp³-hybridized carbons (Fsp3) is 0.286. The van der Waals surface area contributed by atoms with Crippen LogP contribution in [-0.2, 0) is 0 Å². The zero-order valence-corrected chi connectivity index (χ0v) is 15.8. The largest absolute Gasteiger partial charge is 0.497 e. The number of benzene rings is 2. The Bertz CT molecular complexity index is 971. The Kier molecular flexibility index (Phi) is 5.07. The lowest BCUT2D eigenvalue weighted by molar-refractivity contribution is 0.0737. The maximum Gasteiger partial charge on any atom is 0.289 e. The third kappa shape index (κ3) is 3.67. The van der Waals surface area contributed by atoms with Gasteiger partial charge in [0.15, 0.2) is 5.76 Å². The van der Waals surface area contributed by atoms with E-state index in [0.717, 1.165) is 16.9 Å². The Morgan fingerprint density at radius 1 is 1.22 bits per heavy atom. The highest BCUT2D eigenvalue weighted by atomic mass is 32.2. The van der Waals surface area contributed by atoms with Crippen LogP contribution in [0.25, 0.3) is 11.0 Å². The van der Waals surface area contributed by atoms with E-state index in [1.54, 1.807) is 42.0 Å². The molecule has 1 unspecified atom stereocenters. The first kappa shape index (κ1) is 17.9. The van der Waals surface area contributed by atoms with Crippen LogP contribution in [0.3, 0.4) is 0 Å². The molecule has 4 nitrogen and oxygen atoms in total. The van der Waals surface area contributed by atoms with Crippen molar-refractivity contribution >= 4 is 28.6 Å². The van der Waals surface area contributed by atoms with E-state index in [-0.39, 0.29) is 17.0 Å². The number of hydrogen-bond acceptors (Lipinski definition) is 4. The van der Waals surface area contributed by atoms with E-state index in [1.807, 2.05) is 24.3 Å². The van der Waals surface area contributed by atoms with Gasteiger partial charge in [0.1, 0.15) is 17.1 Å². The SMILES string of the molecule is COc1ccc2oc(C(=O)N3CCSC(c4ccccc4F)CC3)cc2c1. The van der Waals surface area contributed by atoms with Crippen molar-refractivity contribution in [3.05, 3.63) is 65.7 Å². The van der Waals surface area contributed by atoms with Crippen LogP contribution in [0.15, 0.2) is 52.9 Å². The van der Waals surface area contributed by atoms with Gasteiger partial charge in [0.2, 0.25) is 0 Å². The third-order valence-electron chi connectivity index (χ3n) is 4.82. The fourth-order valence-corrected chi connectivity index (χ4v) is 4.62. The molecule has 3 aromatic rings. The normalized spacial score (nSPS) is 17.7. The van der Waals surface area contributed by atoms with Gasteiger partial charge in [-0.25, -0.2) is 4.39 Å². The van der Waals surface area contributed by atoms with Crippen LogP contribution < -0.4 is 4.74 Å². The minimum Gasteiger partial charge on any atom is -0.497 e. The van der Waals surface area contributed by atoms with Crippen molar-refractivity contribution in [2.75, 3.05) is 26.0 Å². The lowest BCUT2D eigenvalue weighted by atomic mass is 10.1. The summed E-state index contributed by atoms with van der Waals surface area (Å²) in [5.74, 6) is 1.51. The van der Waals surface area contributed by atoms with Crippen molar-refractivity contribution < 1.29 is 18.3 Å². The van der Waals surface area contributed by atoms with Crippen LogP contribution in [0.5, 0.6) is 5.75 Å². The lowest BCUT2D eigenvalue weighted by Gasteiger charge is -2.19. The van der Waals surface area contributed by atoms with E-state index in [2.05, 4.69) is 0 Å². The van der Waals surface area contributed by atoms with Gasteiger partial charge in [0.05, 0.1) is 7.11 Å². The van der Waals surface area contributed by atoms with Crippen molar-refractivity contribution in [1.82, 2.24) is 4.90 Å². The number of fused-ring (bicyclic) bond motifs is 1. The molecule has 1 aliphatic rings. The molecule has 0 aliphatic carbocycles. The Balaban J connectivity index is 1.50. The van der Waals surface area contributed by atoms with Gasteiger partial charge in [-0.15, -0.1) is 0 Å². The number of methoxy groups -OCH3 is 1. The fourth-order valence-electron chi connectivity index (χ4n) is 3.37. The molecule has 2 heterocycles. The summed E-state index contributed by atoms with van der Waals surface area (Å²) in [5.41, 5.74) is 1.38. The number of nitrogens with zero attached hydrogens (tertiary/aromatic N) is 1. The second-order valence-corrected chi connectivity index (χ2v) is 7.79. The number of ether oxygens (including phenoxy) is 1. The van der Waals surface area contributed by atoms with Gasteiger partial charge < -0.3 is 14.1 Å². The molecular formula is C21H20FNO3S. The van der Waals surface area contributed by atoms with E-state index in [0.29, 0.717) is 36.4 Å². The van der Waals surface area contributed by atoms with Gasteiger partial charge in [0, 0.05) is 35.0 Å². The van der Waals surface area contributed by atoms with E-state index in [9.17, 15) is 9.18 Å². The second-order valence-electron chi connectivity index (χ2n) is 6.48. The minimum absolute atomic E-state index is 0.0592. The van der Waals surface area contributed by atoms with Crippen LogP contribution in [0.2, 0.25) is 0 Å². The Morgan fingerprint density at radius 3 is 2.89 bits per heavy atom. The first-order valence-electron chi connectivity index (χ1n) is 8.88. The molecule has 27 heavy (non-hydrogen) atoms. The van der Waals surface area contributed by atoms with E-state index in [4.69, 9.17) is 9.15 Å². The van der Waals surface area contributed by atoms with Crippen LogP contribution in [0.4, 0.5) is 4.39 Å². The van der Waals surface area contributed by atoms with Crippen molar-refractivity contribution in [3.63, 3.8) is 0 Å². The summed E-state index contributed by atoms with van der Waals surface area (Å²) in [4.78, 5) is 14.7. The number of carbonyl (C=O) groups excluding carboxylic acids is 1. The van der Waals surface area contributed by atoms with Gasteiger partial charge in [-0.3, -0.25) is 4.79 Å². The standard InChI is InChI=1S/C21H20FNO3S/c1-25-15-6-7-18-14(12-15)13-19(26-18)21(24)23-9-8-20(27-11-10-23)16-4-2-3-5-17(16)22/h2-7,12-13,20H,8-11H2,1H3. The number of halogens is 1. The molecule has 1 aliphatic heterocycles. The molecule has 0 spiro atoms. The highest BCUT2D eigenvalue weighted by Gasteiger charge is 2.26. The first-order chi connectivity index (χ1) is 13.2. The van der Waals surface area contributed by atoms with Gasteiger partial charge in [-0.2, -0.15) is 11.8 Å². The molecule has 0 saturated carbocycles. The van der Waals surface area contributed by atoms with E-state index >= 15 is 0 Å². The van der Waals surface area contributed by atoms with Gasteiger partial charge in [-0.05, 0) is 36.8 Å². The average molecular weight is 385 g/mol. The molecule has 4 rings (SSSR count). The van der Waals surface area contributed by atoms with Crippen molar-refractivity contribution in [1.29, 1.82) is 0 Å². The molecule has 1 atom stereocenters. The topological polar surface area (TPSA) is 42.7 Å². The molecule has 140 valence electrons. The maximum absolute atomic E-state index is 14.1. The molecule has 0 radical (unpaired) electrons. The van der Waals surface area contributed by atoms with Crippen molar-refractivity contribution in [3.8, 4) is 5.75 Å². The zero-order chi connectivity index (χ0) is 18.8. The van der Waals surface area contributed by atoms with Gasteiger partial charge >= 0.3 is 0 Å². The monoisotopic (exact) mass is 385 g/mol. The zero-order valence-electron chi connectivity index (χ0n) is 15.0. The van der Waals surface area contributed by atoms with Gasteiger partial charge in [-0.1, -0.05) is 18.2 Å². The van der Waals surface area contributed by atoms with Crippen LogP contribution in [-0.4, -0.2) is 36.8 Å². The highest BCUT2D eigenvalue weighted by molar-refractivity contribution is 7.99. The lowest BCUT2D eigenvalue weighted by Crippen LogP contribution is -2.32. The third-order valence-corrected chi connectivity index (χ3v) is 6.13. The Labute approximate surface area is 161 Å². The predicted octanol–water partition coefficient (Wildman–Crippen LogP) is 4.90. The summed E-state index contributed by atoms with van der Waals surface area (Å²) >= 11 is 1.70. The summed E-state index contributed by atoms with van der Waals surface area (Å²) in [7, 11) is 1.61. The smallest absolute Gasteiger partial charge is 0.289 e. The summed E-state index contributed by atoms with van der Waals surface area (Å²) in [6, 6.07) is 14.1. The predicted molar refractivity (Wildman–Crippen MR) is 105 cm³/mol. The quantitative estimate of drug-likeness (QED) is 0.643. The summed E-state index contributed by atoms with van der Waals surface area (Å²) in [6.45, 7) is 1.19.